The molecule has 0 fully saturated rings. The van der Waals surface area contributed by atoms with Gasteiger partial charge in [-0.3, -0.25) is 24.3 Å². The van der Waals surface area contributed by atoms with Crippen molar-refractivity contribution in [3.05, 3.63) is 41.2 Å². The van der Waals surface area contributed by atoms with Gasteiger partial charge in [-0.1, -0.05) is 11.6 Å². The van der Waals surface area contributed by atoms with Crippen molar-refractivity contribution >= 4 is 17.7 Å². The van der Waals surface area contributed by atoms with Gasteiger partial charge in [0.05, 0.1) is 5.56 Å². The number of nitrogens with one attached hydrogen (secondary N) is 1. The summed E-state index contributed by atoms with van der Waals surface area (Å²) in [7, 11) is 0. The van der Waals surface area contributed by atoms with E-state index in [1.54, 1.807) is 12.1 Å². The first kappa shape index (κ1) is 16.4. The minimum absolute atomic E-state index is 0.0859. The van der Waals surface area contributed by atoms with E-state index in [0.29, 0.717) is 12.1 Å². The number of rotatable bonds is 6. The Hall–Kier alpha value is -2.50. The zero-order valence-electron chi connectivity index (χ0n) is 13.6. The molecule has 6 heteroatoms. The number of carbonyl (C=O) groups is 3. The first-order valence-electron chi connectivity index (χ1n) is 8.42. The van der Waals surface area contributed by atoms with Gasteiger partial charge in [0.15, 0.2) is 0 Å². The third kappa shape index (κ3) is 3.53. The summed E-state index contributed by atoms with van der Waals surface area (Å²) in [5.74, 6) is -0.935. The van der Waals surface area contributed by atoms with Crippen LogP contribution in [0.4, 0.5) is 0 Å². The lowest BCUT2D eigenvalue weighted by atomic mass is 9.97. The van der Waals surface area contributed by atoms with Crippen LogP contribution in [-0.4, -0.2) is 40.7 Å². The van der Waals surface area contributed by atoms with Crippen molar-refractivity contribution in [2.75, 3.05) is 13.1 Å². The molecular weight excluding hydrogens is 306 g/mol. The van der Waals surface area contributed by atoms with E-state index in [9.17, 15) is 14.4 Å². The second-order valence-electron chi connectivity index (χ2n) is 6.12. The quantitative estimate of drug-likeness (QED) is 0.641. The number of pyridine rings is 1. The van der Waals surface area contributed by atoms with Gasteiger partial charge in [0.25, 0.3) is 11.8 Å². The third-order valence-corrected chi connectivity index (χ3v) is 4.45. The normalized spacial score (nSPS) is 16.8. The van der Waals surface area contributed by atoms with Gasteiger partial charge in [-0.25, -0.2) is 0 Å². The van der Waals surface area contributed by atoms with Crippen molar-refractivity contribution in [2.24, 2.45) is 0 Å². The molecular formula is C18H21N3O3. The molecule has 0 saturated heterocycles. The third-order valence-electron chi connectivity index (χ3n) is 4.45. The SMILES string of the molecule is O=C(CCN1C(=O)c2cccnc2C1=O)NCCC1=CCCCC1. The Morgan fingerprint density at radius 2 is 2.12 bits per heavy atom. The van der Waals surface area contributed by atoms with Crippen molar-refractivity contribution in [2.45, 2.75) is 38.5 Å². The molecule has 0 radical (unpaired) electrons. The number of hydrogen-bond donors (Lipinski definition) is 1. The number of fused-ring (bicyclic) bond motifs is 1. The van der Waals surface area contributed by atoms with Gasteiger partial charge < -0.3 is 5.32 Å². The van der Waals surface area contributed by atoms with E-state index in [1.807, 2.05) is 0 Å². The summed E-state index contributed by atoms with van der Waals surface area (Å²) in [6.45, 7) is 0.691. The van der Waals surface area contributed by atoms with E-state index in [1.165, 1.54) is 24.6 Å². The monoisotopic (exact) mass is 327 g/mol. The molecule has 2 aliphatic rings. The van der Waals surface area contributed by atoms with E-state index in [4.69, 9.17) is 0 Å². The highest BCUT2D eigenvalue weighted by Crippen LogP contribution is 2.21. The second kappa shape index (κ2) is 7.38. The molecule has 1 N–H and O–H groups in total. The maximum Gasteiger partial charge on any atom is 0.280 e. The van der Waals surface area contributed by atoms with Crippen LogP contribution in [0.3, 0.4) is 0 Å². The molecule has 0 bridgehead atoms. The van der Waals surface area contributed by atoms with Crippen molar-refractivity contribution in [1.82, 2.24) is 15.2 Å². The zero-order chi connectivity index (χ0) is 16.9. The van der Waals surface area contributed by atoms with E-state index < -0.39 is 5.91 Å². The molecule has 24 heavy (non-hydrogen) atoms. The number of carbonyl (C=O) groups excluding carboxylic acids is 3. The molecule has 0 unspecified atom stereocenters. The minimum Gasteiger partial charge on any atom is -0.356 e. The molecule has 1 aromatic heterocycles. The molecule has 3 amide bonds. The first-order chi connectivity index (χ1) is 11.7. The van der Waals surface area contributed by atoms with Crippen molar-refractivity contribution in [3.8, 4) is 0 Å². The highest BCUT2D eigenvalue weighted by Gasteiger charge is 2.36. The maximum atomic E-state index is 12.2. The van der Waals surface area contributed by atoms with Crippen LogP contribution >= 0.6 is 0 Å². The first-order valence-corrected chi connectivity index (χ1v) is 8.42. The maximum absolute atomic E-state index is 12.2. The van der Waals surface area contributed by atoms with Gasteiger partial charge in [-0.15, -0.1) is 0 Å². The smallest absolute Gasteiger partial charge is 0.280 e. The molecule has 0 atom stereocenters. The van der Waals surface area contributed by atoms with Crippen LogP contribution in [-0.2, 0) is 4.79 Å². The number of amides is 3. The van der Waals surface area contributed by atoms with Gasteiger partial charge in [0.2, 0.25) is 5.91 Å². The standard InChI is InChI=1S/C18H21N3O3/c22-15(19-11-8-13-5-2-1-3-6-13)9-12-21-17(23)14-7-4-10-20-16(14)18(21)24/h4-5,7,10H,1-3,6,8-9,11-12H2,(H,19,22). The van der Waals surface area contributed by atoms with Gasteiger partial charge in [-0.05, 0) is 44.2 Å². The summed E-state index contributed by atoms with van der Waals surface area (Å²) in [5.41, 5.74) is 1.90. The zero-order valence-corrected chi connectivity index (χ0v) is 13.6. The topological polar surface area (TPSA) is 79.4 Å². The van der Waals surface area contributed by atoms with Crippen molar-refractivity contribution in [1.29, 1.82) is 0 Å². The number of imide groups is 1. The fourth-order valence-electron chi connectivity index (χ4n) is 3.11. The average Bonchev–Trinajstić information content (AvgIpc) is 2.85. The van der Waals surface area contributed by atoms with E-state index >= 15 is 0 Å². The summed E-state index contributed by atoms with van der Waals surface area (Å²) in [6, 6.07) is 3.21. The lowest BCUT2D eigenvalue weighted by Gasteiger charge is -2.14. The molecule has 0 spiro atoms. The van der Waals surface area contributed by atoms with Crippen LogP contribution in [0, 0.1) is 0 Å². The number of allylic oxidation sites excluding steroid dienone is 1. The highest BCUT2D eigenvalue weighted by atomic mass is 16.2. The molecule has 126 valence electrons. The Morgan fingerprint density at radius 3 is 2.88 bits per heavy atom. The fourth-order valence-corrected chi connectivity index (χ4v) is 3.11. The predicted octanol–water partition coefficient (Wildman–Crippen LogP) is 2.07. The molecule has 1 aliphatic carbocycles. The van der Waals surface area contributed by atoms with Gasteiger partial charge in [-0.2, -0.15) is 0 Å². The predicted molar refractivity (Wildman–Crippen MR) is 88.4 cm³/mol. The Labute approximate surface area is 140 Å². The van der Waals surface area contributed by atoms with Crippen LogP contribution in [0.25, 0.3) is 0 Å². The summed E-state index contributed by atoms with van der Waals surface area (Å²) in [4.78, 5) is 41.3. The lowest BCUT2D eigenvalue weighted by molar-refractivity contribution is -0.121. The number of nitrogens with zero attached hydrogens (tertiary/aromatic N) is 2. The van der Waals surface area contributed by atoms with Gasteiger partial charge >= 0.3 is 0 Å². The van der Waals surface area contributed by atoms with Crippen LogP contribution in [0.2, 0.25) is 0 Å². The van der Waals surface area contributed by atoms with E-state index in [2.05, 4.69) is 16.4 Å². The Bertz CT molecular complexity index is 662. The van der Waals surface area contributed by atoms with Crippen molar-refractivity contribution in [3.63, 3.8) is 0 Å². The van der Waals surface area contributed by atoms with E-state index in [-0.39, 0.29) is 30.5 Å². The molecule has 3 rings (SSSR count). The largest absolute Gasteiger partial charge is 0.356 e. The lowest BCUT2D eigenvalue weighted by Crippen LogP contribution is -2.35. The molecule has 1 aromatic rings. The van der Waals surface area contributed by atoms with Gasteiger partial charge in [0, 0.05) is 25.7 Å². The minimum atomic E-state index is -0.421. The van der Waals surface area contributed by atoms with Gasteiger partial charge in [0.1, 0.15) is 5.69 Å². The average molecular weight is 327 g/mol. The summed E-state index contributed by atoms with van der Waals surface area (Å²) in [6.07, 6.45) is 9.49. The van der Waals surface area contributed by atoms with Crippen LogP contribution in [0.5, 0.6) is 0 Å². The molecule has 6 nitrogen and oxygen atoms in total. The summed E-state index contributed by atoms with van der Waals surface area (Å²) < 4.78 is 0. The summed E-state index contributed by atoms with van der Waals surface area (Å²) >= 11 is 0. The molecule has 0 aromatic carbocycles. The number of hydrogen-bond acceptors (Lipinski definition) is 4. The molecule has 0 saturated carbocycles. The molecule has 1 aliphatic heterocycles. The molecule has 2 heterocycles. The Balaban J connectivity index is 1.44. The highest BCUT2D eigenvalue weighted by molar-refractivity contribution is 6.20. The van der Waals surface area contributed by atoms with Crippen molar-refractivity contribution < 1.29 is 14.4 Å². The van der Waals surface area contributed by atoms with Crippen LogP contribution < -0.4 is 5.32 Å². The Morgan fingerprint density at radius 1 is 1.25 bits per heavy atom. The number of aromatic nitrogens is 1. The van der Waals surface area contributed by atoms with Crippen LogP contribution in [0.15, 0.2) is 30.0 Å². The van der Waals surface area contributed by atoms with E-state index in [0.717, 1.165) is 24.2 Å². The Kier molecular flexibility index (Phi) is 5.03. The van der Waals surface area contributed by atoms with Crippen LogP contribution in [0.1, 0.15) is 59.4 Å². The fraction of sp³-hybridized carbons (Fsp3) is 0.444. The second-order valence-corrected chi connectivity index (χ2v) is 6.12. The summed E-state index contributed by atoms with van der Waals surface area (Å²) in [5, 5.41) is 2.86.